The first-order chi connectivity index (χ1) is 8.61. The lowest BCUT2D eigenvalue weighted by atomic mass is 10.1. The highest BCUT2D eigenvalue weighted by molar-refractivity contribution is 5.93. The molecule has 92 valence electrons. The Morgan fingerprint density at radius 3 is 2.28 bits per heavy atom. The number of rotatable bonds is 3. The molecule has 0 saturated heterocycles. The van der Waals surface area contributed by atoms with Crippen molar-refractivity contribution in [3.63, 3.8) is 0 Å². The van der Waals surface area contributed by atoms with Crippen LogP contribution in [0.15, 0.2) is 41.2 Å². The molecule has 1 aromatic heterocycles. The summed E-state index contributed by atoms with van der Waals surface area (Å²) in [6.07, 6.45) is 0. The normalized spacial score (nSPS) is 10.1. The molecule has 0 spiro atoms. The van der Waals surface area contributed by atoms with E-state index >= 15 is 0 Å². The van der Waals surface area contributed by atoms with Crippen LogP contribution in [0.25, 0.3) is 11.3 Å². The summed E-state index contributed by atoms with van der Waals surface area (Å²) in [5.41, 5.74) is 1.35. The number of aromatic nitrogens is 1. The van der Waals surface area contributed by atoms with Crippen molar-refractivity contribution >= 4 is 5.78 Å². The van der Waals surface area contributed by atoms with Gasteiger partial charge in [0.2, 0.25) is 0 Å². The van der Waals surface area contributed by atoms with E-state index in [1.807, 2.05) is 24.3 Å². The maximum atomic E-state index is 11.7. The van der Waals surface area contributed by atoms with Gasteiger partial charge in [-0.1, -0.05) is 0 Å². The fourth-order valence-electron chi connectivity index (χ4n) is 1.69. The van der Waals surface area contributed by atoms with Crippen LogP contribution in [0, 0.1) is 0 Å². The van der Waals surface area contributed by atoms with Crippen LogP contribution in [0.3, 0.4) is 0 Å². The molecule has 2 rings (SSSR count). The fourth-order valence-corrected chi connectivity index (χ4v) is 1.69. The van der Waals surface area contributed by atoms with Crippen molar-refractivity contribution in [1.82, 2.24) is 4.98 Å². The maximum Gasteiger partial charge on any atom is 0.259 e. The average Bonchev–Trinajstić information content (AvgIpc) is 2.38. The topological polar surface area (TPSA) is 59.2 Å². The highest BCUT2D eigenvalue weighted by Crippen LogP contribution is 2.19. The number of Topliss-reactive ketones (excluding diaryl/α,β-unsaturated/α-hetero) is 1. The second kappa shape index (κ2) is 4.87. The van der Waals surface area contributed by atoms with E-state index in [4.69, 9.17) is 4.74 Å². The lowest BCUT2D eigenvalue weighted by molar-refractivity contribution is 0.101. The Hall–Kier alpha value is -2.36. The zero-order valence-corrected chi connectivity index (χ0v) is 10.2. The molecule has 0 radical (unpaired) electrons. The van der Waals surface area contributed by atoms with Crippen LogP contribution in [0.2, 0.25) is 0 Å². The number of hydrogen-bond acceptors (Lipinski definition) is 3. The fraction of sp³-hybridized carbons (Fsp3) is 0.143. The van der Waals surface area contributed by atoms with Crippen LogP contribution in [0.5, 0.6) is 5.75 Å². The minimum atomic E-state index is -0.365. The predicted molar refractivity (Wildman–Crippen MR) is 69.1 cm³/mol. The van der Waals surface area contributed by atoms with Gasteiger partial charge in [-0.2, -0.15) is 0 Å². The first-order valence-corrected chi connectivity index (χ1v) is 5.50. The van der Waals surface area contributed by atoms with E-state index in [-0.39, 0.29) is 16.9 Å². The van der Waals surface area contributed by atoms with Crippen LogP contribution in [-0.2, 0) is 0 Å². The van der Waals surface area contributed by atoms with Gasteiger partial charge in [-0.3, -0.25) is 9.59 Å². The first-order valence-electron chi connectivity index (χ1n) is 5.50. The molecule has 18 heavy (non-hydrogen) atoms. The van der Waals surface area contributed by atoms with Crippen molar-refractivity contribution in [1.29, 1.82) is 0 Å². The van der Waals surface area contributed by atoms with E-state index < -0.39 is 0 Å². The summed E-state index contributed by atoms with van der Waals surface area (Å²) < 4.78 is 5.06. The summed E-state index contributed by atoms with van der Waals surface area (Å²) >= 11 is 0. The van der Waals surface area contributed by atoms with Gasteiger partial charge in [0.25, 0.3) is 5.56 Å². The first kappa shape index (κ1) is 12.1. The van der Waals surface area contributed by atoms with Gasteiger partial charge in [0.1, 0.15) is 5.75 Å². The standard InChI is InChI=1S/C14H13NO3/c1-9(16)12-7-8-13(15-14(12)17)10-3-5-11(18-2)6-4-10/h3-8H,1-2H3,(H,15,17). The molecule has 1 heterocycles. The minimum absolute atomic E-state index is 0.173. The number of methoxy groups -OCH3 is 1. The van der Waals surface area contributed by atoms with E-state index in [1.165, 1.54) is 6.92 Å². The molecule has 0 unspecified atom stereocenters. The van der Waals surface area contributed by atoms with Gasteiger partial charge in [-0.15, -0.1) is 0 Å². The molecule has 4 nitrogen and oxygen atoms in total. The molecule has 2 aromatic rings. The Labute approximate surface area is 104 Å². The van der Waals surface area contributed by atoms with Gasteiger partial charge in [-0.05, 0) is 48.9 Å². The second-order valence-electron chi connectivity index (χ2n) is 3.90. The summed E-state index contributed by atoms with van der Waals surface area (Å²) in [5, 5.41) is 0. The third kappa shape index (κ3) is 2.32. The van der Waals surface area contributed by atoms with Crippen LogP contribution >= 0.6 is 0 Å². The quantitative estimate of drug-likeness (QED) is 0.841. The van der Waals surface area contributed by atoms with Crippen molar-refractivity contribution in [2.75, 3.05) is 7.11 Å². The SMILES string of the molecule is COc1ccc(-c2ccc(C(C)=O)c(=O)[nH]2)cc1. The van der Waals surface area contributed by atoms with Gasteiger partial charge < -0.3 is 9.72 Å². The summed E-state index contributed by atoms with van der Waals surface area (Å²) in [6.45, 7) is 1.37. The monoisotopic (exact) mass is 243 g/mol. The number of hydrogen-bond donors (Lipinski definition) is 1. The molecule has 0 saturated carbocycles. The molecule has 4 heteroatoms. The van der Waals surface area contributed by atoms with Crippen molar-refractivity contribution in [3.8, 4) is 17.0 Å². The van der Waals surface area contributed by atoms with Gasteiger partial charge in [0.15, 0.2) is 5.78 Å². The Morgan fingerprint density at radius 2 is 1.78 bits per heavy atom. The number of ether oxygens (including phenoxy) is 1. The Morgan fingerprint density at radius 1 is 1.11 bits per heavy atom. The third-order valence-corrected chi connectivity index (χ3v) is 2.69. The highest BCUT2D eigenvalue weighted by atomic mass is 16.5. The zero-order chi connectivity index (χ0) is 13.1. The number of ketones is 1. The maximum absolute atomic E-state index is 11.7. The molecule has 0 atom stereocenters. The molecule has 1 N–H and O–H groups in total. The van der Waals surface area contributed by atoms with E-state index in [0.29, 0.717) is 5.69 Å². The average molecular weight is 243 g/mol. The van der Waals surface area contributed by atoms with Gasteiger partial charge >= 0.3 is 0 Å². The second-order valence-corrected chi connectivity index (χ2v) is 3.90. The molecular weight excluding hydrogens is 230 g/mol. The highest BCUT2D eigenvalue weighted by Gasteiger charge is 2.06. The molecule has 0 bridgehead atoms. The molecular formula is C14H13NO3. The van der Waals surface area contributed by atoms with Crippen molar-refractivity contribution < 1.29 is 9.53 Å². The van der Waals surface area contributed by atoms with Gasteiger partial charge in [0.05, 0.1) is 12.7 Å². The number of carbonyl (C=O) groups excluding carboxylic acids is 1. The number of benzene rings is 1. The number of nitrogens with one attached hydrogen (secondary N) is 1. The van der Waals surface area contributed by atoms with Gasteiger partial charge in [-0.25, -0.2) is 0 Å². The van der Waals surface area contributed by atoms with E-state index in [9.17, 15) is 9.59 Å². The summed E-state index contributed by atoms with van der Waals surface area (Å²) in [4.78, 5) is 25.5. The van der Waals surface area contributed by atoms with Crippen LogP contribution in [-0.4, -0.2) is 17.9 Å². The lowest BCUT2D eigenvalue weighted by Gasteiger charge is -2.04. The van der Waals surface area contributed by atoms with E-state index in [1.54, 1.807) is 19.2 Å². The molecule has 0 aliphatic heterocycles. The number of carbonyl (C=O) groups is 1. The molecule has 0 aliphatic carbocycles. The molecule has 0 fully saturated rings. The van der Waals surface area contributed by atoms with Crippen LogP contribution in [0.4, 0.5) is 0 Å². The third-order valence-electron chi connectivity index (χ3n) is 2.69. The van der Waals surface area contributed by atoms with Crippen LogP contribution in [0.1, 0.15) is 17.3 Å². The Balaban J connectivity index is 2.42. The minimum Gasteiger partial charge on any atom is -0.497 e. The Kier molecular flexibility index (Phi) is 3.28. The van der Waals surface area contributed by atoms with Crippen LogP contribution < -0.4 is 10.3 Å². The number of pyridine rings is 1. The zero-order valence-electron chi connectivity index (χ0n) is 10.2. The summed E-state index contributed by atoms with van der Waals surface area (Å²) in [6, 6.07) is 10.6. The number of H-pyrrole nitrogens is 1. The smallest absolute Gasteiger partial charge is 0.259 e. The van der Waals surface area contributed by atoms with E-state index in [0.717, 1.165) is 11.3 Å². The predicted octanol–water partition coefficient (Wildman–Crippen LogP) is 2.25. The van der Waals surface area contributed by atoms with Crippen molar-refractivity contribution in [3.05, 3.63) is 52.3 Å². The molecule has 0 amide bonds. The largest absolute Gasteiger partial charge is 0.497 e. The Bertz CT molecular complexity index is 626. The van der Waals surface area contributed by atoms with Crippen molar-refractivity contribution in [2.24, 2.45) is 0 Å². The van der Waals surface area contributed by atoms with Crippen molar-refractivity contribution in [2.45, 2.75) is 6.92 Å². The summed E-state index contributed by atoms with van der Waals surface area (Å²) in [5.74, 6) is 0.513. The molecule has 1 aromatic carbocycles. The van der Waals surface area contributed by atoms with E-state index in [2.05, 4.69) is 4.98 Å². The number of aromatic amines is 1. The lowest BCUT2D eigenvalue weighted by Crippen LogP contribution is -2.15. The summed E-state index contributed by atoms with van der Waals surface area (Å²) in [7, 11) is 1.60. The molecule has 0 aliphatic rings. The van der Waals surface area contributed by atoms with Gasteiger partial charge in [0, 0.05) is 5.69 Å².